The van der Waals surface area contributed by atoms with Crippen LogP contribution in [0.3, 0.4) is 0 Å². The van der Waals surface area contributed by atoms with Crippen LogP contribution in [0.1, 0.15) is 13.3 Å². The van der Waals surface area contributed by atoms with Crippen molar-refractivity contribution in [1.29, 1.82) is 0 Å². The third kappa shape index (κ3) is 4.40. The fraction of sp³-hybridized carbons (Fsp3) is 0.250. The summed E-state index contributed by atoms with van der Waals surface area (Å²) in [5.41, 5.74) is 1.05. The van der Waals surface area contributed by atoms with E-state index in [1.54, 1.807) is 43.5 Å². The first-order valence-corrected chi connectivity index (χ1v) is 8.49. The minimum Gasteiger partial charge on any atom is -0.494 e. The summed E-state index contributed by atoms with van der Waals surface area (Å²) in [5, 5.41) is 2.74. The van der Waals surface area contributed by atoms with Crippen molar-refractivity contribution in [3.8, 4) is 5.75 Å². The predicted octanol–water partition coefficient (Wildman–Crippen LogP) is 2.53. The van der Waals surface area contributed by atoms with Gasteiger partial charge in [-0.25, -0.2) is 9.59 Å². The lowest BCUT2D eigenvalue weighted by Crippen LogP contribution is -2.27. The quantitative estimate of drug-likeness (QED) is 0.751. The molecular weight excluding hydrogens is 364 g/mol. The molecule has 2 rings (SSSR count). The number of amides is 1. The van der Waals surface area contributed by atoms with E-state index in [0.717, 1.165) is 0 Å². The highest BCUT2D eigenvalue weighted by atomic mass is 16.5. The van der Waals surface area contributed by atoms with Gasteiger partial charge in [-0.2, -0.15) is 0 Å². The van der Waals surface area contributed by atoms with Crippen LogP contribution in [-0.2, 0) is 23.9 Å². The number of esters is 2. The van der Waals surface area contributed by atoms with E-state index in [9.17, 15) is 14.4 Å². The lowest BCUT2D eigenvalue weighted by atomic mass is 10.1. The van der Waals surface area contributed by atoms with Crippen LogP contribution in [0, 0.1) is 0 Å². The summed E-state index contributed by atoms with van der Waals surface area (Å²) in [6.07, 6.45) is 6.68. The van der Waals surface area contributed by atoms with E-state index >= 15 is 0 Å². The molecule has 0 radical (unpaired) electrons. The van der Waals surface area contributed by atoms with E-state index in [2.05, 4.69) is 5.32 Å². The monoisotopic (exact) mass is 386 g/mol. The van der Waals surface area contributed by atoms with Crippen molar-refractivity contribution in [1.82, 2.24) is 0 Å². The van der Waals surface area contributed by atoms with Crippen molar-refractivity contribution < 1.29 is 28.6 Å². The van der Waals surface area contributed by atoms with Crippen LogP contribution < -0.4 is 15.0 Å². The molecule has 0 bridgehead atoms. The van der Waals surface area contributed by atoms with E-state index in [-0.39, 0.29) is 17.2 Å². The third-order valence-corrected chi connectivity index (χ3v) is 3.95. The molecule has 0 fully saturated rings. The number of rotatable bonds is 6. The molecule has 1 amide bonds. The van der Waals surface area contributed by atoms with Gasteiger partial charge in [-0.3, -0.25) is 4.79 Å². The van der Waals surface area contributed by atoms with Gasteiger partial charge in [0.25, 0.3) is 0 Å². The highest BCUT2D eigenvalue weighted by Gasteiger charge is 2.27. The van der Waals surface area contributed by atoms with Gasteiger partial charge in [-0.1, -0.05) is 13.0 Å². The minimum atomic E-state index is -0.709. The first-order valence-electron chi connectivity index (χ1n) is 8.49. The lowest BCUT2D eigenvalue weighted by molar-refractivity contribution is -0.139. The van der Waals surface area contributed by atoms with E-state index in [1.807, 2.05) is 0 Å². The van der Waals surface area contributed by atoms with Gasteiger partial charge in [0.1, 0.15) is 11.4 Å². The Morgan fingerprint density at radius 1 is 1.04 bits per heavy atom. The Hall–Kier alpha value is -3.55. The molecule has 1 aromatic rings. The Labute approximate surface area is 163 Å². The van der Waals surface area contributed by atoms with Gasteiger partial charge in [0.2, 0.25) is 5.91 Å². The number of benzene rings is 1. The maximum Gasteiger partial charge on any atom is 0.355 e. The summed E-state index contributed by atoms with van der Waals surface area (Å²) in [4.78, 5) is 37.8. The number of hydrogen-bond donors (Lipinski definition) is 1. The molecule has 28 heavy (non-hydrogen) atoms. The Morgan fingerprint density at radius 3 is 2.36 bits per heavy atom. The molecular formula is C20H22N2O6. The highest BCUT2D eigenvalue weighted by molar-refractivity contribution is 6.05. The SMILES string of the molecule is CCC(=O)Nc1ccc(N2C=CC=CC(C(=O)OC)=C2C(=O)OC)cc1OC. The molecule has 1 aliphatic rings. The number of hydrogen-bond acceptors (Lipinski definition) is 7. The standard InChI is InChI=1S/C20H22N2O6/c1-5-17(23)21-15-10-9-13(12-16(15)26-2)22-11-7-6-8-14(19(24)27-3)18(22)20(25)28-4/h6-12H,5H2,1-4H3,(H,21,23). The van der Waals surface area contributed by atoms with Crippen LogP contribution in [0.15, 0.2) is 53.9 Å². The van der Waals surface area contributed by atoms with Crippen molar-refractivity contribution in [2.75, 3.05) is 31.5 Å². The number of anilines is 2. The van der Waals surface area contributed by atoms with Gasteiger partial charge < -0.3 is 24.4 Å². The largest absolute Gasteiger partial charge is 0.494 e. The van der Waals surface area contributed by atoms with E-state index in [4.69, 9.17) is 14.2 Å². The van der Waals surface area contributed by atoms with Crippen molar-refractivity contribution in [2.24, 2.45) is 0 Å². The molecule has 8 nitrogen and oxygen atoms in total. The first kappa shape index (κ1) is 20.8. The topological polar surface area (TPSA) is 94.2 Å². The predicted molar refractivity (Wildman–Crippen MR) is 104 cm³/mol. The summed E-state index contributed by atoms with van der Waals surface area (Å²) in [5.74, 6) is -1.15. The number of ether oxygens (including phenoxy) is 3. The van der Waals surface area contributed by atoms with Gasteiger partial charge >= 0.3 is 11.9 Å². The third-order valence-electron chi connectivity index (χ3n) is 3.95. The van der Waals surface area contributed by atoms with Crippen LogP contribution in [0.2, 0.25) is 0 Å². The normalized spacial score (nSPS) is 13.1. The van der Waals surface area contributed by atoms with E-state index in [1.165, 1.54) is 32.3 Å². The van der Waals surface area contributed by atoms with Crippen LogP contribution >= 0.6 is 0 Å². The summed E-state index contributed by atoms with van der Waals surface area (Å²) in [7, 11) is 3.93. The fourth-order valence-corrected chi connectivity index (χ4v) is 2.54. The maximum absolute atomic E-state index is 12.5. The Balaban J connectivity index is 2.58. The minimum absolute atomic E-state index is 0.00764. The number of nitrogens with zero attached hydrogens (tertiary/aromatic N) is 1. The zero-order valence-corrected chi connectivity index (χ0v) is 16.1. The van der Waals surface area contributed by atoms with Crippen LogP contribution in [0.4, 0.5) is 11.4 Å². The molecule has 1 N–H and O–H groups in total. The molecule has 0 atom stereocenters. The van der Waals surface area contributed by atoms with Gasteiger partial charge in [0, 0.05) is 24.4 Å². The van der Waals surface area contributed by atoms with E-state index < -0.39 is 11.9 Å². The smallest absolute Gasteiger partial charge is 0.355 e. The average molecular weight is 386 g/mol. The molecule has 8 heteroatoms. The molecule has 0 saturated carbocycles. The Kier molecular flexibility index (Phi) is 6.97. The van der Waals surface area contributed by atoms with E-state index in [0.29, 0.717) is 23.5 Å². The Morgan fingerprint density at radius 2 is 1.75 bits per heavy atom. The number of allylic oxidation sites excluding steroid dienone is 2. The zero-order valence-electron chi connectivity index (χ0n) is 16.1. The van der Waals surface area contributed by atoms with Crippen molar-refractivity contribution in [3.05, 3.63) is 53.9 Å². The lowest BCUT2D eigenvalue weighted by Gasteiger charge is -2.24. The number of nitrogens with one attached hydrogen (secondary N) is 1. The van der Waals surface area contributed by atoms with Crippen molar-refractivity contribution >= 4 is 29.2 Å². The second-order valence-electron chi connectivity index (χ2n) is 5.60. The summed E-state index contributed by atoms with van der Waals surface area (Å²) < 4.78 is 15.0. The molecule has 1 heterocycles. The molecule has 0 aromatic heterocycles. The van der Waals surface area contributed by atoms with Crippen LogP contribution in [-0.4, -0.2) is 39.2 Å². The second-order valence-corrected chi connectivity index (χ2v) is 5.60. The summed E-state index contributed by atoms with van der Waals surface area (Å²) in [6, 6.07) is 4.97. The zero-order chi connectivity index (χ0) is 20.7. The number of methoxy groups -OCH3 is 3. The summed E-state index contributed by atoms with van der Waals surface area (Å²) in [6.45, 7) is 1.74. The summed E-state index contributed by atoms with van der Waals surface area (Å²) >= 11 is 0. The molecule has 0 spiro atoms. The molecule has 0 aliphatic carbocycles. The molecule has 148 valence electrons. The van der Waals surface area contributed by atoms with Gasteiger partial charge in [0.05, 0.1) is 32.6 Å². The number of carbonyl (C=O) groups is 3. The fourth-order valence-electron chi connectivity index (χ4n) is 2.54. The molecule has 1 aromatic carbocycles. The van der Waals surface area contributed by atoms with Gasteiger partial charge in [-0.05, 0) is 24.3 Å². The Bertz CT molecular complexity index is 869. The molecule has 0 saturated heterocycles. The second kappa shape index (κ2) is 9.40. The molecule has 0 unspecified atom stereocenters. The van der Waals surface area contributed by atoms with Crippen LogP contribution in [0.25, 0.3) is 0 Å². The van der Waals surface area contributed by atoms with Crippen molar-refractivity contribution in [3.63, 3.8) is 0 Å². The van der Waals surface area contributed by atoms with Gasteiger partial charge in [0.15, 0.2) is 0 Å². The van der Waals surface area contributed by atoms with Gasteiger partial charge in [-0.15, -0.1) is 0 Å². The average Bonchev–Trinajstić information content (AvgIpc) is 2.95. The van der Waals surface area contributed by atoms with Crippen LogP contribution in [0.5, 0.6) is 5.75 Å². The highest BCUT2D eigenvalue weighted by Crippen LogP contribution is 2.33. The van der Waals surface area contributed by atoms with Crippen molar-refractivity contribution in [2.45, 2.75) is 13.3 Å². The number of carbonyl (C=O) groups excluding carboxylic acids is 3. The molecule has 1 aliphatic heterocycles. The maximum atomic E-state index is 12.5. The first-order chi connectivity index (χ1) is 13.5.